The fourth-order valence-electron chi connectivity index (χ4n) is 3.77. The molecule has 4 rings (SSSR count). The molecule has 0 bridgehead atoms. The van der Waals surface area contributed by atoms with Crippen molar-refractivity contribution in [1.82, 2.24) is 24.8 Å². The van der Waals surface area contributed by atoms with E-state index < -0.39 is 0 Å². The number of nitrogens with zero attached hydrogens (tertiary/aromatic N) is 4. The molecular formula is C23H27N5. The van der Waals surface area contributed by atoms with Gasteiger partial charge in [-0.1, -0.05) is 49.8 Å². The van der Waals surface area contributed by atoms with Crippen molar-refractivity contribution < 1.29 is 0 Å². The second-order valence-electron chi connectivity index (χ2n) is 7.29. The average Bonchev–Trinajstić information content (AvgIpc) is 3.23. The van der Waals surface area contributed by atoms with Crippen molar-refractivity contribution in [3.05, 3.63) is 60.8 Å². The van der Waals surface area contributed by atoms with Gasteiger partial charge in [0, 0.05) is 35.8 Å². The second kappa shape index (κ2) is 8.93. The van der Waals surface area contributed by atoms with Crippen LogP contribution in [0.1, 0.15) is 38.4 Å². The summed E-state index contributed by atoms with van der Waals surface area (Å²) in [4.78, 5) is 19.5. The monoisotopic (exact) mass is 373 g/mol. The Morgan fingerprint density at radius 2 is 1.93 bits per heavy atom. The number of nitrogens with one attached hydrogen (secondary N) is 1. The summed E-state index contributed by atoms with van der Waals surface area (Å²) in [5, 5.41) is 0. The third kappa shape index (κ3) is 4.37. The van der Waals surface area contributed by atoms with Gasteiger partial charge in [-0.05, 0) is 38.4 Å². The number of rotatable bonds is 6. The molecule has 5 heteroatoms. The molecule has 0 radical (unpaired) electrons. The molecule has 1 aromatic carbocycles. The van der Waals surface area contributed by atoms with Crippen molar-refractivity contribution in [3.8, 4) is 22.6 Å². The maximum atomic E-state index is 4.70. The lowest BCUT2D eigenvalue weighted by molar-refractivity contribution is 0.181. The van der Waals surface area contributed by atoms with Gasteiger partial charge >= 0.3 is 0 Å². The van der Waals surface area contributed by atoms with E-state index in [9.17, 15) is 0 Å². The largest absolute Gasteiger partial charge is 0.344 e. The van der Waals surface area contributed by atoms with Crippen molar-refractivity contribution in [2.45, 2.75) is 38.6 Å². The van der Waals surface area contributed by atoms with Gasteiger partial charge in [0.25, 0.3) is 0 Å². The van der Waals surface area contributed by atoms with Crippen LogP contribution in [0.25, 0.3) is 28.7 Å². The molecule has 0 amide bonds. The Morgan fingerprint density at radius 3 is 2.71 bits per heavy atom. The van der Waals surface area contributed by atoms with Gasteiger partial charge in [-0.25, -0.2) is 15.0 Å². The molecule has 1 aliphatic heterocycles. The van der Waals surface area contributed by atoms with Crippen LogP contribution in [0.4, 0.5) is 0 Å². The van der Waals surface area contributed by atoms with Gasteiger partial charge in [0.05, 0.1) is 5.69 Å². The summed E-state index contributed by atoms with van der Waals surface area (Å²) >= 11 is 0. The molecule has 3 heterocycles. The lowest BCUT2D eigenvalue weighted by Gasteiger charge is -2.33. The molecule has 28 heavy (non-hydrogen) atoms. The highest BCUT2D eigenvalue weighted by Gasteiger charge is 2.19. The molecule has 144 valence electrons. The van der Waals surface area contributed by atoms with Crippen LogP contribution in [0.3, 0.4) is 0 Å². The van der Waals surface area contributed by atoms with Gasteiger partial charge in [-0.3, -0.25) is 4.90 Å². The molecule has 1 unspecified atom stereocenters. The molecule has 2 aromatic heterocycles. The Labute approximate surface area is 166 Å². The van der Waals surface area contributed by atoms with E-state index in [1.54, 1.807) is 0 Å². The summed E-state index contributed by atoms with van der Waals surface area (Å²) in [6.07, 6.45) is 15.1. The van der Waals surface area contributed by atoms with Crippen molar-refractivity contribution in [3.63, 3.8) is 0 Å². The predicted octanol–water partition coefficient (Wildman–Crippen LogP) is 4.81. The van der Waals surface area contributed by atoms with Crippen LogP contribution in [-0.4, -0.2) is 44.0 Å². The summed E-state index contributed by atoms with van der Waals surface area (Å²) in [6.45, 7) is 4.63. The number of H-pyrrole nitrogens is 1. The third-order valence-corrected chi connectivity index (χ3v) is 5.23. The average molecular weight is 374 g/mol. The predicted molar refractivity (Wildman–Crippen MR) is 114 cm³/mol. The first-order valence-electron chi connectivity index (χ1n) is 10.2. The Morgan fingerprint density at radius 1 is 1.11 bits per heavy atom. The summed E-state index contributed by atoms with van der Waals surface area (Å²) in [6, 6.07) is 10.5. The van der Waals surface area contributed by atoms with Crippen LogP contribution in [0.15, 0.2) is 55.0 Å². The Bertz CT molecular complexity index is 896. The SMILES string of the molecule is CCCN1CCCCC1C=Cc1nc(-c2cnc(-c3ccccc3)nc2)c[nH]1. The van der Waals surface area contributed by atoms with E-state index in [2.05, 4.69) is 38.9 Å². The van der Waals surface area contributed by atoms with Crippen molar-refractivity contribution >= 4 is 6.08 Å². The van der Waals surface area contributed by atoms with Crippen LogP contribution in [-0.2, 0) is 0 Å². The summed E-state index contributed by atoms with van der Waals surface area (Å²) in [5.41, 5.74) is 2.80. The lowest BCUT2D eigenvalue weighted by atomic mass is 10.0. The first-order valence-corrected chi connectivity index (χ1v) is 10.2. The minimum atomic E-state index is 0.524. The molecular weight excluding hydrogens is 346 g/mol. The van der Waals surface area contributed by atoms with Gasteiger partial charge in [0.1, 0.15) is 5.82 Å². The van der Waals surface area contributed by atoms with Gasteiger partial charge in [-0.15, -0.1) is 0 Å². The van der Waals surface area contributed by atoms with Gasteiger partial charge < -0.3 is 4.98 Å². The quantitative estimate of drug-likeness (QED) is 0.673. The number of hydrogen-bond donors (Lipinski definition) is 1. The number of imidazole rings is 1. The molecule has 1 saturated heterocycles. The molecule has 3 aromatic rings. The first-order chi connectivity index (χ1) is 13.8. The van der Waals surface area contributed by atoms with Crippen molar-refractivity contribution in [2.75, 3.05) is 13.1 Å². The highest BCUT2D eigenvalue weighted by atomic mass is 15.2. The maximum absolute atomic E-state index is 4.70. The zero-order valence-corrected chi connectivity index (χ0v) is 16.4. The van der Waals surface area contributed by atoms with Crippen LogP contribution in [0.2, 0.25) is 0 Å². The molecule has 1 aliphatic rings. The minimum absolute atomic E-state index is 0.524. The number of benzene rings is 1. The zero-order chi connectivity index (χ0) is 19.2. The fraction of sp³-hybridized carbons (Fsp3) is 0.348. The highest BCUT2D eigenvalue weighted by Crippen LogP contribution is 2.21. The molecule has 1 fully saturated rings. The molecule has 1 atom stereocenters. The summed E-state index contributed by atoms with van der Waals surface area (Å²) < 4.78 is 0. The maximum Gasteiger partial charge on any atom is 0.159 e. The number of piperidine rings is 1. The van der Waals surface area contributed by atoms with E-state index in [0.29, 0.717) is 6.04 Å². The van der Waals surface area contributed by atoms with Crippen LogP contribution in [0, 0.1) is 0 Å². The molecule has 0 aliphatic carbocycles. The highest BCUT2D eigenvalue weighted by molar-refractivity contribution is 5.61. The van der Waals surface area contributed by atoms with Gasteiger partial charge in [-0.2, -0.15) is 0 Å². The molecule has 0 saturated carbocycles. The molecule has 0 spiro atoms. The summed E-state index contributed by atoms with van der Waals surface area (Å²) in [5.74, 6) is 1.61. The van der Waals surface area contributed by atoms with Crippen LogP contribution in [0.5, 0.6) is 0 Å². The summed E-state index contributed by atoms with van der Waals surface area (Å²) in [7, 11) is 0. The van der Waals surface area contributed by atoms with Crippen molar-refractivity contribution in [1.29, 1.82) is 0 Å². The lowest BCUT2D eigenvalue weighted by Crippen LogP contribution is -2.38. The Kier molecular flexibility index (Phi) is 5.92. The standard InChI is InChI=1S/C23H27N5/c1-2-13-28-14-7-6-10-20(28)11-12-22-24-17-21(27-22)19-15-25-23(26-16-19)18-8-4-3-5-9-18/h3-5,8-9,11-12,15-17,20H,2,6-7,10,13-14H2,1H3,(H,24,27). The van der Waals surface area contributed by atoms with Crippen LogP contribution >= 0.6 is 0 Å². The fourth-order valence-corrected chi connectivity index (χ4v) is 3.77. The Balaban J connectivity index is 1.45. The van der Waals surface area contributed by atoms with E-state index in [-0.39, 0.29) is 0 Å². The normalized spacial score (nSPS) is 18.0. The molecule has 1 N–H and O–H groups in total. The number of aromatic amines is 1. The zero-order valence-electron chi connectivity index (χ0n) is 16.4. The number of hydrogen-bond acceptors (Lipinski definition) is 4. The Hall–Kier alpha value is -2.79. The molecule has 5 nitrogen and oxygen atoms in total. The van der Waals surface area contributed by atoms with Gasteiger partial charge in [0.15, 0.2) is 5.82 Å². The van der Waals surface area contributed by atoms with E-state index in [4.69, 9.17) is 4.98 Å². The third-order valence-electron chi connectivity index (χ3n) is 5.23. The van der Waals surface area contributed by atoms with E-state index in [1.165, 1.54) is 38.8 Å². The first kappa shape index (κ1) is 18.6. The topological polar surface area (TPSA) is 57.7 Å². The van der Waals surface area contributed by atoms with Gasteiger partial charge in [0.2, 0.25) is 0 Å². The smallest absolute Gasteiger partial charge is 0.159 e. The van der Waals surface area contributed by atoms with Crippen molar-refractivity contribution in [2.24, 2.45) is 0 Å². The van der Waals surface area contributed by atoms with E-state index in [1.807, 2.05) is 48.9 Å². The number of aromatic nitrogens is 4. The van der Waals surface area contributed by atoms with Crippen LogP contribution < -0.4 is 0 Å². The second-order valence-corrected chi connectivity index (χ2v) is 7.29. The van der Waals surface area contributed by atoms with E-state index in [0.717, 1.165) is 28.5 Å². The number of likely N-dealkylation sites (tertiary alicyclic amines) is 1. The van der Waals surface area contributed by atoms with E-state index >= 15 is 0 Å². The minimum Gasteiger partial charge on any atom is -0.344 e.